The van der Waals surface area contributed by atoms with Crippen molar-refractivity contribution in [2.24, 2.45) is 5.41 Å². The van der Waals surface area contributed by atoms with E-state index in [9.17, 15) is 13.6 Å². The lowest BCUT2D eigenvalue weighted by Gasteiger charge is -2.32. The van der Waals surface area contributed by atoms with Crippen LogP contribution in [0.4, 0.5) is 8.78 Å². The van der Waals surface area contributed by atoms with E-state index in [-0.39, 0.29) is 22.4 Å². The Hall–Kier alpha value is -0.970. The maximum Gasteiger partial charge on any atom is 0.227 e. The van der Waals surface area contributed by atoms with Crippen molar-refractivity contribution in [2.75, 3.05) is 13.1 Å². The summed E-state index contributed by atoms with van der Waals surface area (Å²) in [4.78, 5) is 14.0. The third-order valence-electron chi connectivity index (χ3n) is 4.56. The van der Waals surface area contributed by atoms with Gasteiger partial charge < -0.3 is 4.90 Å². The van der Waals surface area contributed by atoms with Gasteiger partial charge in [0.05, 0.1) is 10.9 Å². The fraction of sp³-hybridized carbons (Fsp3) is 0.533. The van der Waals surface area contributed by atoms with Gasteiger partial charge in [-0.05, 0) is 59.2 Å². The van der Waals surface area contributed by atoms with E-state index in [1.165, 1.54) is 12.8 Å². The first-order valence-electron chi connectivity index (χ1n) is 6.90. The lowest BCUT2D eigenvalue weighted by Crippen LogP contribution is -2.40. The molecule has 0 atom stereocenters. The summed E-state index contributed by atoms with van der Waals surface area (Å²) >= 11 is 2.93. The standard InChI is InChI=1S/C15H16BrF2NO/c16-11-9-12(17)10(7-13(11)18)8-14(20)19-5-3-15(1-2-15)4-6-19/h7,9H,1-6,8H2. The van der Waals surface area contributed by atoms with Crippen molar-refractivity contribution in [1.82, 2.24) is 4.90 Å². The minimum Gasteiger partial charge on any atom is -0.342 e. The molecular formula is C15H16BrF2NO. The maximum absolute atomic E-state index is 13.7. The van der Waals surface area contributed by atoms with E-state index in [2.05, 4.69) is 15.9 Å². The summed E-state index contributed by atoms with van der Waals surface area (Å²) in [6.45, 7) is 1.50. The first kappa shape index (κ1) is 14.0. The molecule has 1 amide bonds. The lowest BCUT2D eigenvalue weighted by atomic mass is 9.93. The van der Waals surface area contributed by atoms with E-state index < -0.39 is 11.6 Å². The van der Waals surface area contributed by atoms with Crippen LogP contribution in [-0.4, -0.2) is 23.9 Å². The SMILES string of the molecule is O=C(Cc1cc(F)c(Br)cc1F)N1CCC2(CC1)CC2. The van der Waals surface area contributed by atoms with Gasteiger partial charge in [0.1, 0.15) is 11.6 Å². The van der Waals surface area contributed by atoms with Crippen LogP contribution < -0.4 is 0 Å². The third kappa shape index (κ3) is 2.73. The van der Waals surface area contributed by atoms with Crippen LogP contribution in [0.5, 0.6) is 0 Å². The minimum absolute atomic E-state index is 0.0664. The molecule has 0 aromatic heterocycles. The largest absolute Gasteiger partial charge is 0.342 e. The summed E-state index contributed by atoms with van der Waals surface area (Å²) in [5, 5.41) is 0. The molecular weight excluding hydrogens is 328 g/mol. The van der Waals surface area contributed by atoms with Gasteiger partial charge in [-0.1, -0.05) is 0 Å². The maximum atomic E-state index is 13.7. The Kier molecular flexibility index (Phi) is 3.56. The Morgan fingerprint density at radius 2 is 1.80 bits per heavy atom. The van der Waals surface area contributed by atoms with Crippen LogP contribution in [0.15, 0.2) is 16.6 Å². The van der Waals surface area contributed by atoms with E-state index in [4.69, 9.17) is 0 Å². The second kappa shape index (κ2) is 5.10. The van der Waals surface area contributed by atoms with Crippen LogP contribution in [0, 0.1) is 17.0 Å². The van der Waals surface area contributed by atoms with Crippen molar-refractivity contribution in [3.05, 3.63) is 33.8 Å². The quantitative estimate of drug-likeness (QED) is 0.750. The first-order chi connectivity index (χ1) is 9.49. The zero-order chi connectivity index (χ0) is 14.3. The summed E-state index contributed by atoms with van der Waals surface area (Å²) in [6.07, 6.45) is 4.60. The summed E-state index contributed by atoms with van der Waals surface area (Å²) < 4.78 is 27.2. The molecule has 1 spiro atoms. The first-order valence-corrected chi connectivity index (χ1v) is 7.70. The molecule has 0 radical (unpaired) electrons. The van der Waals surface area contributed by atoms with Gasteiger partial charge in [-0.15, -0.1) is 0 Å². The number of benzene rings is 1. The van der Waals surface area contributed by atoms with Crippen LogP contribution in [0.1, 0.15) is 31.2 Å². The molecule has 1 aliphatic carbocycles. The average Bonchev–Trinajstić information content (AvgIpc) is 3.16. The van der Waals surface area contributed by atoms with Crippen molar-refractivity contribution < 1.29 is 13.6 Å². The highest BCUT2D eigenvalue weighted by Crippen LogP contribution is 2.53. The fourth-order valence-electron chi connectivity index (χ4n) is 2.88. The molecule has 0 N–H and O–H groups in total. The Morgan fingerprint density at radius 1 is 1.15 bits per heavy atom. The molecule has 2 aliphatic rings. The second-order valence-corrected chi connectivity index (χ2v) is 6.77. The highest BCUT2D eigenvalue weighted by Gasteiger charge is 2.45. The Morgan fingerprint density at radius 3 is 2.40 bits per heavy atom. The van der Waals surface area contributed by atoms with Gasteiger partial charge in [0.2, 0.25) is 5.91 Å². The van der Waals surface area contributed by atoms with Crippen molar-refractivity contribution in [2.45, 2.75) is 32.1 Å². The third-order valence-corrected chi connectivity index (χ3v) is 5.17. The second-order valence-electron chi connectivity index (χ2n) is 5.92. The molecule has 2 fully saturated rings. The number of likely N-dealkylation sites (tertiary alicyclic amines) is 1. The zero-order valence-corrected chi connectivity index (χ0v) is 12.7. The number of halogens is 3. The number of amides is 1. The molecule has 2 nitrogen and oxygen atoms in total. The van der Waals surface area contributed by atoms with Crippen molar-refractivity contribution in [1.29, 1.82) is 0 Å². The number of carbonyl (C=O) groups is 1. The van der Waals surface area contributed by atoms with E-state index in [1.807, 2.05) is 0 Å². The highest BCUT2D eigenvalue weighted by molar-refractivity contribution is 9.10. The molecule has 1 heterocycles. The van der Waals surface area contributed by atoms with Crippen LogP contribution in [0.2, 0.25) is 0 Å². The van der Waals surface area contributed by atoms with Gasteiger partial charge in [0.15, 0.2) is 0 Å². The summed E-state index contributed by atoms with van der Waals surface area (Å²) in [5.41, 5.74) is 0.633. The Bertz CT molecular complexity index is 547. The minimum atomic E-state index is -0.540. The van der Waals surface area contributed by atoms with Gasteiger partial charge in [0, 0.05) is 18.7 Å². The summed E-state index contributed by atoms with van der Waals surface area (Å²) in [6, 6.07) is 2.18. The molecule has 1 aromatic carbocycles. The topological polar surface area (TPSA) is 20.3 Å². The fourth-order valence-corrected chi connectivity index (χ4v) is 3.20. The Balaban J connectivity index is 1.65. The van der Waals surface area contributed by atoms with E-state index in [0.29, 0.717) is 5.41 Å². The lowest BCUT2D eigenvalue weighted by molar-refractivity contribution is -0.132. The zero-order valence-electron chi connectivity index (χ0n) is 11.1. The van der Waals surface area contributed by atoms with Gasteiger partial charge in [-0.3, -0.25) is 4.79 Å². The van der Waals surface area contributed by atoms with E-state index >= 15 is 0 Å². The molecule has 1 aliphatic heterocycles. The summed E-state index contributed by atoms with van der Waals surface area (Å²) in [5.74, 6) is -1.19. The molecule has 20 heavy (non-hydrogen) atoms. The number of hydrogen-bond acceptors (Lipinski definition) is 1. The molecule has 1 saturated carbocycles. The molecule has 1 saturated heterocycles. The van der Waals surface area contributed by atoms with Crippen molar-refractivity contribution in [3.63, 3.8) is 0 Å². The summed E-state index contributed by atoms with van der Waals surface area (Å²) in [7, 11) is 0. The van der Waals surface area contributed by atoms with Crippen molar-refractivity contribution >= 4 is 21.8 Å². The predicted octanol–water partition coefficient (Wildman–Crippen LogP) is 3.67. The van der Waals surface area contributed by atoms with Crippen LogP contribution >= 0.6 is 15.9 Å². The number of carbonyl (C=O) groups excluding carboxylic acids is 1. The van der Waals surface area contributed by atoms with Gasteiger partial charge in [-0.2, -0.15) is 0 Å². The predicted molar refractivity (Wildman–Crippen MR) is 75.2 cm³/mol. The normalized spacial score (nSPS) is 20.2. The van der Waals surface area contributed by atoms with Crippen LogP contribution in [-0.2, 0) is 11.2 Å². The molecule has 1 aromatic rings. The monoisotopic (exact) mass is 343 g/mol. The van der Waals surface area contributed by atoms with Crippen molar-refractivity contribution in [3.8, 4) is 0 Å². The van der Waals surface area contributed by atoms with Crippen LogP contribution in [0.25, 0.3) is 0 Å². The Labute approximate surface area is 125 Å². The number of nitrogens with zero attached hydrogens (tertiary/aromatic N) is 1. The molecule has 5 heteroatoms. The van der Waals surface area contributed by atoms with Gasteiger partial charge >= 0.3 is 0 Å². The van der Waals surface area contributed by atoms with E-state index in [0.717, 1.165) is 38.1 Å². The number of hydrogen-bond donors (Lipinski definition) is 0. The molecule has 0 bridgehead atoms. The smallest absolute Gasteiger partial charge is 0.227 e. The highest BCUT2D eigenvalue weighted by atomic mass is 79.9. The molecule has 0 unspecified atom stereocenters. The van der Waals surface area contributed by atoms with Gasteiger partial charge in [0.25, 0.3) is 0 Å². The number of rotatable bonds is 2. The molecule has 108 valence electrons. The number of piperidine rings is 1. The average molecular weight is 344 g/mol. The van der Waals surface area contributed by atoms with E-state index in [1.54, 1.807) is 4.90 Å². The van der Waals surface area contributed by atoms with Gasteiger partial charge in [-0.25, -0.2) is 8.78 Å². The van der Waals surface area contributed by atoms with Crippen LogP contribution in [0.3, 0.4) is 0 Å². The molecule has 3 rings (SSSR count).